The van der Waals surface area contributed by atoms with Crippen LogP contribution in [-0.4, -0.2) is 16.6 Å². The van der Waals surface area contributed by atoms with E-state index in [9.17, 15) is 9.59 Å². The number of aromatic nitrogens is 1. The predicted octanol–water partition coefficient (Wildman–Crippen LogP) is 0.382. The number of anilines is 1. The Labute approximate surface area is 87.5 Å². The van der Waals surface area contributed by atoms with E-state index in [0.717, 1.165) is 0 Å². The van der Waals surface area contributed by atoms with Gasteiger partial charge in [-0.15, -0.1) is 0 Å². The average molecular weight is 210 g/mol. The van der Waals surface area contributed by atoms with E-state index in [-0.39, 0.29) is 18.2 Å². The molecule has 1 rings (SSSR count). The highest BCUT2D eigenvalue weighted by molar-refractivity contribution is 5.69. The molecule has 2 N–H and O–H groups in total. The maximum Gasteiger partial charge on any atom is 0.326 e. The minimum Gasteiger partial charge on any atom is -0.462 e. The van der Waals surface area contributed by atoms with Gasteiger partial charge in [-0.3, -0.25) is 9.59 Å². The molecule has 0 aliphatic carbocycles. The number of hydrogen-bond acceptors (Lipinski definition) is 4. The molecule has 0 amide bonds. The maximum atomic E-state index is 11.3. The van der Waals surface area contributed by atoms with Crippen molar-refractivity contribution in [2.45, 2.75) is 26.5 Å². The second-order valence-electron chi connectivity index (χ2n) is 3.47. The van der Waals surface area contributed by atoms with Crippen molar-refractivity contribution in [3.8, 4) is 0 Å². The molecule has 0 bridgehead atoms. The van der Waals surface area contributed by atoms with E-state index in [2.05, 4.69) is 0 Å². The van der Waals surface area contributed by atoms with E-state index in [1.807, 2.05) is 0 Å². The topological polar surface area (TPSA) is 74.3 Å². The summed E-state index contributed by atoms with van der Waals surface area (Å²) in [5.74, 6) is -0.447. The zero-order valence-electron chi connectivity index (χ0n) is 8.77. The number of esters is 1. The number of carbonyl (C=O) groups excluding carboxylic acids is 1. The zero-order valence-corrected chi connectivity index (χ0v) is 8.77. The Morgan fingerprint density at radius 2 is 2.20 bits per heavy atom. The van der Waals surface area contributed by atoms with Crippen LogP contribution in [0.25, 0.3) is 0 Å². The van der Waals surface area contributed by atoms with Crippen LogP contribution in [0.2, 0.25) is 0 Å². The normalized spacial score (nSPS) is 10.3. The molecule has 0 aromatic carbocycles. The lowest BCUT2D eigenvalue weighted by Gasteiger charge is -2.09. The molecular weight excluding hydrogens is 196 g/mol. The molecule has 1 aromatic heterocycles. The highest BCUT2D eigenvalue weighted by Crippen LogP contribution is 1.97. The number of ether oxygens (including phenoxy) is 1. The first-order valence-corrected chi connectivity index (χ1v) is 4.64. The van der Waals surface area contributed by atoms with Crippen LogP contribution < -0.4 is 11.3 Å². The van der Waals surface area contributed by atoms with E-state index in [1.165, 1.54) is 22.9 Å². The predicted molar refractivity (Wildman–Crippen MR) is 56.3 cm³/mol. The van der Waals surface area contributed by atoms with Gasteiger partial charge in [0.2, 0.25) is 0 Å². The van der Waals surface area contributed by atoms with Gasteiger partial charge in [0.1, 0.15) is 6.54 Å². The molecule has 15 heavy (non-hydrogen) atoms. The minimum atomic E-state index is -0.447. The Kier molecular flexibility index (Phi) is 3.49. The van der Waals surface area contributed by atoms with Crippen LogP contribution >= 0.6 is 0 Å². The van der Waals surface area contributed by atoms with Crippen molar-refractivity contribution < 1.29 is 9.53 Å². The van der Waals surface area contributed by atoms with Crippen LogP contribution in [0.5, 0.6) is 0 Å². The van der Waals surface area contributed by atoms with Gasteiger partial charge in [-0.25, -0.2) is 0 Å². The first-order valence-electron chi connectivity index (χ1n) is 4.64. The number of carbonyl (C=O) groups is 1. The third kappa shape index (κ3) is 3.46. The van der Waals surface area contributed by atoms with Crippen molar-refractivity contribution >= 4 is 11.7 Å². The number of pyridine rings is 1. The molecule has 0 saturated heterocycles. The van der Waals surface area contributed by atoms with E-state index >= 15 is 0 Å². The summed E-state index contributed by atoms with van der Waals surface area (Å²) in [5, 5.41) is 0. The van der Waals surface area contributed by atoms with Crippen molar-refractivity contribution in [3.63, 3.8) is 0 Å². The third-order valence-electron chi connectivity index (χ3n) is 1.67. The fraction of sp³-hybridized carbons (Fsp3) is 0.400. The minimum absolute atomic E-state index is 0.109. The van der Waals surface area contributed by atoms with Gasteiger partial charge in [0, 0.05) is 18.0 Å². The van der Waals surface area contributed by atoms with E-state index in [1.54, 1.807) is 13.8 Å². The second kappa shape index (κ2) is 4.63. The fourth-order valence-electron chi connectivity index (χ4n) is 1.11. The molecule has 0 aliphatic heterocycles. The lowest BCUT2D eigenvalue weighted by Crippen LogP contribution is -2.25. The second-order valence-corrected chi connectivity index (χ2v) is 3.47. The Balaban J connectivity index is 2.76. The summed E-state index contributed by atoms with van der Waals surface area (Å²) in [6.45, 7) is 3.39. The summed E-state index contributed by atoms with van der Waals surface area (Å²) in [6.07, 6.45) is 1.23. The van der Waals surface area contributed by atoms with Gasteiger partial charge < -0.3 is 15.0 Å². The van der Waals surface area contributed by atoms with Crippen LogP contribution in [0.3, 0.4) is 0 Å². The summed E-state index contributed by atoms with van der Waals surface area (Å²) in [4.78, 5) is 22.6. The van der Waals surface area contributed by atoms with Crippen molar-refractivity contribution in [2.24, 2.45) is 0 Å². The molecule has 82 valence electrons. The summed E-state index contributed by atoms with van der Waals surface area (Å²) in [7, 11) is 0. The van der Waals surface area contributed by atoms with Crippen LogP contribution in [-0.2, 0) is 16.1 Å². The molecule has 5 heteroatoms. The van der Waals surface area contributed by atoms with E-state index in [0.29, 0.717) is 5.69 Å². The Bertz CT molecular complexity index is 409. The molecule has 1 heterocycles. The molecule has 0 unspecified atom stereocenters. The fourth-order valence-corrected chi connectivity index (χ4v) is 1.11. The Hall–Kier alpha value is -1.78. The molecular formula is C10H14N2O3. The van der Waals surface area contributed by atoms with Gasteiger partial charge in [-0.2, -0.15) is 0 Å². The highest BCUT2D eigenvalue weighted by Gasteiger charge is 2.07. The van der Waals surface area contributed by atoms with Gasteiger partial charge >= 0.3 is 5.97 Å². The summed E-state index contributed by atoms with van der Waals surface area (Å²) < 4.78 is 6.13. The van der Waals surface area contributed by atoms with Crippen LogP contribution in [0, 0.1) is 0 Å². The molecule has 0 radical (unpaired) electrons. The Morgan fingerprint density at radius 1 is 1.53 bits per heavy atom. The summed E-state index contributed by atoms with van der Waals surface area (Å²) in [5.41, 5.74) is 5.66. The van der Waals surface area contributed by atoms with Gasteiger partial charge in [0.15, 0.2) is 0 Å². The maximum absolute atomic E-state index is 11.3. The lowest BCUT2D eigenvalue weighted by atomic mass is 10.4. The molecule has 0 atom stereocenters. The number of nitrogens with zero attached hydrogens (tertiary/aromatic N) is 1. The van der Waals surface area contributed by atoms with Crippen molar-refractivity contribution in [1.82, 2.24) is 4.57 Å². The van der Waals surface area contributed by atoms with E-state index < -0.39 is 5.97 Å². The van der Waals surface area contributed by atoms with Crippen molar-refractivity contribution in [3.05, 3.63) is 28.7 Å². The van der Waals surface area contributed by atoms with Gasteiger partial charge in [-0.05, 0) is 19.9 Å². The van der Waals surface area contributed by atoms with Crippen LogP contribution in [0.1, 0.15) is 13.8 Å². The monoisotopic (exact) mass is 210 g/mol. The zero-order chi connectivity index (χ0) is 11.4. The average Bonchev–Trinajstić information content (AvgIpc) is 2.10. The smallest absolute Gasteiger partial charge is 0.326 e. The number of nitrogen functional groups attached to an aromatic ring is 1. The first kappa shape index (κ1) is 11.3. The molecule has 0 aliphatic rings. The number of nitrogens with two attached hydrogens (primary N) is 1. The van der Waals surface area contributed by atoms with Gasteiger partial charge in [-0.1, -0.05) is 0 Å². The number of hydrogen-bond donors (Lipinski definition) is 1. The van der Waals surface area contributed by atoms with Crippen LogP contribution in [0.4, 0.5) is 5.69 Å². The third-order valence-corrected chi connectivity index (χ3v) is 1.67. The quantitative estimate of drug-likeness (QED) is 0.732. The van der Waals surface area contributed by atoms with Gasteiger partial charge in [0.05, 0.1) is 6.10 Å². The largest absolute Gasteiger partial charge is 0.462 e. The molecule has 1 aromatic rings. The first-order chi connectivity index (χ1) is 6.99. The molecule has 0 fully saturated rings. The molecule has 5 nitrogen and oxygen atoms in total. The van der Waals surface area contributed by atoms with Crippen molar-refractivity contribution in [2.75, 3.05) is 5.73 Å². The molecule has 0 saturated carbocycles. The highest BCUT2D eigenvalue weighted by atomic mass is 16.5. The van der Waals surface area contributed by atoms with Crippen molar-refractivity contribution in [1.29, 1.82) is 0 Å². The SMILES string of the molecule is CC(C)OC(=O)Cn1cc(N)ccc1=O. The number of rotatable bonds is 3. The Morgan fingerprint density at radius 3 is 2.80 bits per heavy atom. The van der Waals surface area contributed by atoms with Crippen LogP contribution in [0.15, 0.2) is 23.1 Å². The van der Waals surface area contributed by atoms with Gasteiger partial charge in [0.25, 0.3) is 5.56 Å². The summed E-state index contributed by atoms with van der Waals surface area (Å²) in [6, 6.07) is 2.81. The summed E-state index contributed by atoms with van der Waals surface area (Å²) >= 11 is 0. The van der Waals surface area contributed by atoms with E-state index in [4.69, 9.17) is 10.5 Å². The molecule has 0 spiro atoms. The standard InChI is InChI=1S/C10H14N2O3/c1-7(2)15-10(14)6-12-5-8(11)3-4-9(12)13/h3-5,7H,6,11H2,1-2H3. The lowest BCUT2D eigenvalue weighted by molar-refractivity contribution is -0.148.